The molecule has 240 valence electrons. The molecule has 2 aliphatic rings. The Balaban J connectivity index is 2.53. The Morgan fingerprint density at radius 2 is 1.64 bits per heavy atom. The van der Waals surface area contributed by atoms with E-state index in [1.807, 2.05) is 20.8 Å². The van der Waals surface area contributed by atoms with E-state index in [2.05, 4.69) is 22.5 Å². The minimum absolute atomic E-state index is 0.0138. The Labute approximate surface area is 251 Å². The Kier molecular flexibility index (Phi) is 12.4. The molecular weight excluding hydrogens is 540 g/mol. The van der Waals surface area contributed by atoms with E-state index in [4.69, 9.17) is 14.2 Å². The average Bonchev–Trinajstić information content (AvgIpc) is 3.35. The van der Waals surface area contributed by atoms with Crippen molar-refractivity contribution in [3.63, 3.8) is 0 Å². The Morgan fingerprint density at radius 3 is 2.21 bits per heavy atom. The molecule has 42 heavy (non-hydrogen) atoms. The van der Waals surface area contributed by atoms with Gasteiger partial charge in [-0.1, -0.05) is 40.5 Å². The number of cyclic esters (lactones) is 1. The van der Waals surface area contributed by atoms with Crippen molar-refractivity contribution < 1.29 is 33.4 Å². The lowest BCUT2D eigenvalue weighted by Crippen LogP contribution is -2.58. The van der Waals surface area contributed by atoms with Gasteiger partial charge in [-0.15, -0.1) is 0 Å². The van der Waals surface area contributed by atoms with Crippen LogP contribution in [0.3, 0.4) is 0 Å². The number of nitrogens with zero attached hydrogens (tertiary/aromatic N) is 2. The number of ether oxygens (including phenoxy) is 3. The number of hydrogen-bond donors (Lipinski definition) is 2. The molecule has 2 N–H and O–H groups in total. The molecule has 2 rings (SSSR count). The lowest BCUT2D eigenvalue weighted by molar-refractivity contribution is -0.167. The largest absolute Gasteiger partial charge is 0.476 e. The van der Waals surface area contributed by atoms with Crippen molar-refractivity contribution in [2.75, 3.05) is 20.8 Å². The number of fused-ring (bicyclic) bond motifs is 1. The number of methoxy groups -OCH3 is 1. The molecule has 0 saturated heterocycles. The van der Waals surface area contributed by atoms with Gasteiger partial charge in [0.05, 0.1) is 11.5 Å². The first-order valence-corrected chi connectivity index (χ1v) is 15.4. The molecule has 2 bridgehead atoms. The van der Waals surface area contributed by atoms with E-state index in [0.717, 1.165) is 19.3 Å². The second kappa shape index (κ2) is 14.7. The van der Waals surface area contributed by atoms with Crippen LogP contribution in [-0.4, -0.2) is 91.1 Å². The molecule has 11 heteroatoms. The van der Waals surface area contributed by atoms with Crippen LogP contribution in [0.1, 0.15) is 94.4 Å². The fraction of sp³-hybridized carbons (Fsp3) is 0.839. The first-order chi connectivity index (χ1) is 19.5. The lowest BCUT2D eigenvalue weighted by Gasteiger charge is -2.38. The highest BCUT2D eigenvalue weighted by Crippen LogP contribution is 2.34. The fourth-order valence-corrected chi connectivity index (χ4v) is 5.83. The maximum absolute atomic E-state index is 13.7. The average molecular weight is 595 g/mol. The summed E-state index contributed by atoms with van der Waals surface area (Å²) in [5.74, 6) is -1.99. The van der Waals surface area contributed by atoms with Crippen LogP contribution in [0.15, 0.2) is 4.99 Å². The van der Waals surface area contributed by atoms with Gasteiger partial charge in [0.25, 0.3) is 5.91 Å². The summed E-state index contributed by atoms with van der Waals surface area (Å²) in [6.07, 6.45) is 3.22. The standard InChI is InChI=1S/C31H54N4O7/c1-12-14-22(40-11)16-15-19(4)24-30(7,8)28(38)33-20(5)26-34-31(9,17-41-26)29(39)35(10)23(18(3)13-2)25(36)32-21(6)27(37)42-24/h18-24H,12-17H2,1-11H3,(H,32,36)(H,33,38)/t18-,19-,20-,21-,22+,23?,24-,31-/m0/s1. The summed E-state index contributed by atoms with van der Waals surface area (Å²) >= 11 is 0. The van der Waals surface area contributed by atoms with Gasteiger partial charge in [0.2, 0.25) is 17.7 Å². The molecule has 1 unspecified atom stereocenters. The van der Waals surface area contributed by atoms with E-state index in [1.54, 1.807) is 48.8 Å². The predicted octanol–water partition coefficient (Wildman–Crippen LogP) is 3.24. The van der Waals surface area contributed by atoms with Crippen LogP contribution in [0.2, 0.25) is 0 Å². The number of rotatable bonds is 9. The third-order valence-corrected chi connectivity index (χ3v) is 8.88. The van der Waals surface area contributed by atoms with Crippen LogP contribution in [-0.2, 0) is 33.4 Å². The van der Waals surface area contributed by atoms with Crippen LogP contribution >= 0.6 is 0 Å². The number of likely N-dealkylation sites (N-methyl/N-ethyl adjacent to an activating group) is 1. The maximum Gasteiger partial charge on any atom is 0.328 e. The zero-order valence-corrected chi connectivity index (χ0v) is 27.5. The summed E-state index contributed by atoms with van der Waals surface area (Å²) in [4.78, 5) is 60.5. The van der Waals surface area contributed by atoms with E-state index in [0.29, 0.717) is 12.8 Å². The molecule has 0 fully saturated rings. The molecule has 0 saturated carbocycles. The molecule has 8 atom stereocenters. The van der Waals surface area contributed by atoms with Crippen molar-refractivity contribution in [2.24, 2.45) is 22.2 Å². The van der Waals surface area contributed by atoms with E-state index < -0.39 is 47.1 Å². The highest BCUT2D eigenvalue weighted by Gasteiger charge is 2.48. The van der Waals surface area contributed by atoms with Gasteiger partial charge in [0.1, 0.15) is 30.8 Å². The third kappa shape index (κ3) is 8.02. The summed E-state index contributed by atoms with van der Waals surface area (Å²) in [7, 11) is 3.26. The van der Waals surface area contributed by atoms with Gasteiger partial charge in [0, 0.05) is 14.2 Å². The normalized spacial score (nSPS) is 31.3. The number of nitrogens with one attached hydrogen (secondary N) is 2. The minimum atomic E-state index is -1.26. The SMILES string of the molecule is CCC[C@H](CC[C@H](C)[C@@H]1OC(=O)[C@H](C)NC(=O)C([C@@H](C)CC)N(C)C(=O)[C@]2(C)COC(=N2)[C@H](C)NC(=O)C1(C)C)OC. The highest BCUT2D eigenvalue weighted by atomic mass is 16.5. The van der Waals surface area contributed by atoms with Crippen molar-refractivity contribution in [3.05, 3.63) is 0 Å². The monoisotopic (exact) mass is 594 g/mol. The van der Waals surface area contributed by atoms with Gasteiger partial charge in [-0.25, -0.2) is 9.79 Å². The number of carbonyl (C=O) groups is 4. The molecule has 11 nitrogen and oxygen atoms in total. The Bertz CT molecular complexity index is 1020. The van der Waals surface area contributed by atoms with Gasteiger partial charge < -0.3 is 29.7 Å². The van der Waals surface area contributed by atoms with Gasteiger partial charge in [-0.2, -0.15) is 0 Å². The summed E-state index contributed by atoms with van der Waals surface area (Å²) in [6.45, 7) is 16.3. The lowest BCUT2D eigenvalue weighted by atomic mass is 9.77. The van der Waals surface area contributed by atoms with Crippen LogP contribution in [0.25, 0.3) is 0 Å². The molecule has 0 aromatic carbocycles. The maximum atomic E-state index is 13.7. The van der Waals surface area contributed by atoms with Crippen molar-refractivity contribution in [1.29, 1.82) is 0 Å². The minimum Gasteiger partial charge on any atom is -0.476 e. The van der Waals surface area contributed by atoms with Crippen LogP contribution in [0.5, 0.6) is 0 Å². The van der Waals surface area contributed by atoms with E-state index >= 15 is 0 Å². The zero-order valence-electron chi connectivity index (χ0n) is 27.5. The Hall–Kier alpha value is -2.69. The summed E-state index contributed by atoms with van der Waals surface area (Å²) in [5, 5.41) is 5.74. The van der Waals surface area contributed by atoms with Gasteiger partial charge >= 0.3 is 5.97 Å². The Morgan fingerprint density at radius 1 is 1.00 bits per heavy atom. The van der Waals surface area contributed by atoms with Crippen LogP contribution < -0.4 is 10.6 Å². The number of amides is 3. The smallest absolute Gasteiger partial charge is 0.328 e. The molecule has 3 amide bonds. The quantitative estimate of drug-likeness (QED) is 0.391. The first kappa shape index (κ1) is 35.5. The van der Waals surface area contributed by atoms with Crippen LogP contribution in [0.4, 0.5) is 0 Å². The van der Waals surface area contributed by atoms with Crippen molar-refractivity contribution >= 4 is 29.6 Å². The second-order valence-corrected chi connectivity index (χ2v) is 13.0. The molecule has 0 radical (unpaired) electrons. The zero-order chi connectivity index (χ0) is 32.0. The summed E-state index contributed by atoms with van der Waals surface area (Å²) < 4.78 is 17.5. The number of carbonyl (C=O) groups excluding carboxylic acids is 4. The third-order valence-electron chi connectivity index (χ3n) is 8.88. The highest BCUT2D eigenvalue weighted by molar-refractivity contribution is 5.98. The number of esters is 1. The first-order valence-electron chi connectivity index (χ1n) is 15.4. The molecule has 0 aromatic rings. The fourth-order valence-electron chi connectivity index (χ4n) is 5.83. The molecule has 2 aliphatic heterocycles. The number of aliphatic imine (C=N–C) groups is 1. The van der Waals surface area contributed by atoms with E-state index in [9.17, 15) is 19.2 Å². The van der Waals surface area contributed by atoms with Crippen molar-refractivity contribution in [2.45, 2.75) is 130 Å². The predicted molar refractivity (Wildman–Crippen MR) is 161 cm³/mol. The second-order valence-electron chi connectivity index (χ2n) is 13.0. The van der Waals surface area contributed by atoms with Gasteiger partial charge in [-0.05, 0) is 65.7 Å². The van der Waals surface area contributed by atoms with Crippen molar-refractivity contribution in [3.8, 4) is 0 Å². The molecule has 2 heterocycles. The van der Waals surface area contributed by atoms with Gasteiger partial charge in [0.15, 0.2) is 5.54 Å². The molecule has 0 aliphatic carbocycles. The summed E-state index contributed by atoms with van der Waals surface area (Å²) in [5.41, 5.74) is -2.41. The molecular formula is C31H54N4O7. The molecule has 0 aromatic heterocycles. The molecule has 0 spiro atoms. The van der Waals surface area contributed by atoms with Crippen LogP contribution in [0, 0.1) is 17.3 Å². The summed E-state index contributed by atoms with van der Waals surface area (Å²) in [6, 6.07) is -2.48. The van der Waals surface area contributed by atoms with Crippen molar-refractivity contribution in [1.82, 2.24) is 15.5 Å². The van der Waals surface area contributed by atoms with E-state index in [1.165, 1.54) is 4.90 Å². The van der Waals surface area contributed by atoms with Gasteiger partial charge in [-0.3, -0.25) is 14.4 Å². The van der Waals surface area contributed by atoms with E-state index in [-0.39, 0.29) is 42.3 Å². The number of hydrogen-bond acceptors (Lipinski definition) is 8. The topological polar surface area (TPSA) is 136 Å².